The summed E-state index contributed by atoms with van der Waals surface area (Å²) in [5, 5.41) is 0. The zero-order chi connectivity index (χ0) is 10.0. The Bertz CT molecular complexity index is 290. The Morgan fingerprint density at radius 3 is 2.23 bits per heavy atom. The van der Waals surface area contributed by atoms with Gasteiger partial charge in [-0.15, -0.1) is 0 Å². The smallest absolute Gasteiger partial charge is 0.0432 e. The molecule has 72 valence electrons. The van der Waals surface area contributed by atoms with Gasteiger partial charge in [0.2, 0.25) is 0 Å². The molecule has 0 amide bonds. The molecule has 0 spiro atoms. The molecule has 0 saturated heterocycles. The van der Waals surface area contributed by atoms with Crippen LogP contribution in [0.15, 0.2) is 12.1 Å². The molecule has 0 aliphatic heterocycles. The first kappa shape index (κ1) is 10.2. The van der Waals surface area contributed by atoms with E-state index in [2.05, 4.69) is 31.0 Å². The predicted octanol–water partition coefficient (Wildman–Crippen LogP) is 2.53. The lowest BCUT2D eigenvalue weighted by atomic mass is 10.0. The molecule has 0 bridgehead atoms. The molecule has 0 aromatic carbocycles. The molecule has 2 nitrogen and oxygen atoms in total. The maximum atomic E-state index is 5.80. The fourth-order valence-corrected chi connectivity index (χ4v) is 1.39. The summed E-state index contributed by atoms with van der Waals surface area (Å²) in [5.41, 5.74) is 9.14. The van der Waals surface area contributed by atoms with Crippen LogP contribution in [0.5, 0.6) is 0 Å². The minimum absolute atomic E-state index is 0.0775. The molecule has 0 radical (unpaired) electrons. The molecule has 2 N–H and O–H groups in total. The molecule has 1 aromatic rings. The van der Waals surface area contributed by atoms with Gasteiger partial charge in [0.1, 0.15) is 0 Å². The van der Waals surface area contributed by atoms with Crippen LogP contribution in [0, 0.1) is 6.92 Å². The number of hydrogen-bond acceptors (Lipinski definition) is 2. The minimum Gasteiger partial charge on any atom is -0.324 e. The van der Waals surface area contributed by atoms with Crippen LogP contribution in [0.4, 0.5) is 0 Å². The van der Waals surface area contributed by atoms with Crippen molar-refractivity contribution in [1.82, 2.24) is 4.98 Å². The molecular weight excluding hydrogens is 160 g/mol. The van der Waals surface area contributed by atoms with Crippen molar-refractivity contribution in [2.24, 2.45) is 5.73 Å². The van der Waals surface area contributed by atoms with Gasteiger partial charge in [0.05, 0.1) is 0 Å². The van der Waals surface area contributed by atoms with Gasteiger partial charge in [-0.3, -0.25) is 4.98 Å². The summed E-state index contributed by atoms with van der Waals surface area (Å²) in [5.74, 6) is 0.487. The highest BCUT2D eigenvalue weighted by Crippen LogP contribution is 2.17. The number of aryl methyl sites for hydroxylation is 1. The van der Waals surface area contributed by atoms with Crippen LogP contribution >= 0.6 is 0 Å². The van der Waals surface area contributed by atoms with Crippen LogP contribution in [0.3, 0.4) is 0 Å². The van der Waals surface area contributed by atoms with Crippen LogP contribution in [0.25, 0.3) is 0 Å². The summed E-state index contributed by atoms with van der Waals surface area (Å²) in [4.78, 5) is 4.51. The summed E-state index contributed by atoms with van der Waals surface area (Å²) in [7, 11) is 0. The van der Waals surface area contributed by atoms with Gasteiger partial charge in [-0.2, -0.15) is 0 Å². The third-order valence-corrected chi connectivity index (χ3v) is 2.23. The molecule has 0 aliphatic carbocycles. The molecule has 13 heavy (non-hydrogen) atoms. The van der Waals surface area contributed by atoms with Gasteiger partial charge in [0, 0.05) is 17.4 Å². The van der Waals surface area contributed by atoms with Crippen molar-refractivity contribution in [3.63, 3.8) is 0 Å². The van der Waals surface area contributed by atoms with Crippen LogP contribution in [0.2, 0.25) is 0 Å². The van der Waals surface area contributed by atoms with Crippen molar-refractivity contribution >= 4 is 0 Å². The normalized spacial score (nSPS) is 13.4. The maximum absolute atomic E-state index is 5.80. The summed E-state index contributed by atoms with van der Waals surface area (Å²) in [6.07, 6.45) is 0. The Hall–Kier alpha value is -0.890. The van der Waals surface area contributed by atoms with E-state index in [0.29, 0.717) is 5.92 Å². The highest BCUT2D eigenvalue weighted by Gasteiger charge is 2.07. The number of nitrogens with two attached hydrogens (primary N) is 1. The van der Waals surface area contributed by atoms with Crippen molar-refractivity contribution < 1.29 is 0 Å². The Balaban J connectivity index is 3.06. The topological polar surface area (TPSA) is 38.9 Å². The number of nitrogens with zero attached hydrogens (tertiary/aromatic N) is 1. The van der Waals surface area contributed by atoms with Gasteiger partial charge in [-0.25, -0.2) is 0 Å². The monoisotopic (exact) mass is 178 g/mol. The van der Waals surface area contributed by atoms with Crippen LogP contribution < -0.4 is 5.73 Å². The zero-order valence-corrected chi connectivity index (χ0v) is 8.83. The van der Waals surface area contributed by atoms with E-state index >= 15 is 0 Å². The molecule has 2 heteroatoms. The van der Waals surface area contributed by atoms with E-state index in [1.165, 1.54) is 0 Å². The quantitative estimate of drug-likeness (QED) is 0.755. The number of rotatable bonds is 2. The second-order valence-corrected chi connectivity index (χ2v) is 3.85. The summed E-state index contributed by atoms with van der Waals surface area (Å²) < 4.78 is 0. The van der Waals surface area contributed by atoms with Crippen LogP contribution in [-0.2, 0) is 0 Å². The van der Waals surface area contributed by atoms with E-state index in [4.69, 9.17) is 5.73 Å². The highest BCUT2D eigenvalue weighted by molar-refractivity contribution is 5.25. The molecule has 1 heterocycles. The average Bonchev–Trinajstić information content (AvgIpc) is 2.03. The predicted molar refractivity (Wildman–Crippen MR) is 55.7 cm³/mol. The SMILES string of the molecule is Cc1nc(C(C)C)ccc1C(C)N. The van der Waals surface area contributed by atoms with E-state index in [-0.39, 0.29) is 6.04 Å². The zero-order valence-electron chi connectivity index (χ0n) is 8.83. The first-order valence-corrected chi connectivity index (χ1v) is 4.75. The third-order valence-electron chi connectivity index (χ3n) is 2.23. The van der Waals surface area contributed by atoms with Gasteiger partial charge in [0.25, 0.3) is 0 Å². The van der Waals surface area contributed by atoms with E-state index in [1.54, 1.807) is 0 Å². The molecule has 0 fully saturated rings. The van der Waals surface area contributed by atoms with Gasteiger partial charge in [0.15, 0.2) is 0 Å². The van der Waals surface area contributed by atoms with Crippen LogP contribution in [0.1, 0.15) is 49.7 Å². The molecule has 1 aromatic heterocycles. The van der Waals surface area contributed by atoms with E-state index in [9.17, 15) is 0 Å². The second kappa shape index (κ2) is 3.88. The van der Waals surface area contributed by atoms with Crippen LogP contribution in [-0.4, -0.2) is 4.98 Å². The summed E-state index contributed by atoms with van der Waals surface area (Å²) in [6, 6.07) is 4.23. The Morgan fingerprint density at radius 1 is 1.23 bits per heavy atom. The Morgan fingerprint density at radius 2 is 1.85 bits per heavy atom. The maximum Gasteiger partial charge on any atom is 0.0432 e. The summed E-state index contributed by atoms with van der Waals surface area (Å²) >= 11 is 0. The van der Waals surface area contributed by atoms with Gasteiger partial charge in [-0.1, -0.05) is 19.9 Å². The lowest BCUT2D eigenvalue weighted by Gasteiger charge is -2.11. The third kappa shape index (κ3) is 2.28. The van der Waals surface area contributed by atoms with Crippen molar-refractivity contribution in [3.05, 3.63) is 29.1 Å². The second-order valence-electron chi connectivity index (χ2n) is 3.85. The largest absolute Gasteiger partial charge is 0.324 e. The first-order chi connectivity index (χ1) is 6.02. The van der Waals surface area contributed by atoms with Crippen molar-refractivity contribution in [3.8, 4) is 0 Å². The fraction of sp³-hybridized carbons (Fsp3) is 0.545. The van der Waals surface area contributed by atoms with E-state index in [1.807, 2.05) is 13.8 Å². The molecule has 1 rings (SSSR count). The van der Waals surface area contributed by atoms with Crippen molar-refractivity contribution in [2.75, 3.05) is 0 Å². The standard InChI is InChI=1S/C11H18N2/c1-7(2)11-6-5-10(8(3)12)9(4)13-11/h5-8H,12H2,1-4H3. The van der Waals surface area contributed by atoms with E-state index < -0.39 is 0 Å². The average molecular weight is 178 g/mol. The first-order valence-electron chi connectivity index (χ1n) is 4.75. The van der Waals surface area contributed by atoms with Gasteiger partial charge in [-0.05, 0) is 31.4 Å². The Kier molecular flexibility index (Phi) is 3.04. The lowest BCUT2D eigenvalue weighted by molar-refractivity contribution is 0.770. The highest BCUT2D eigenvalue weighted by atomic mass is 14.7. The fourth-order valence-electron chi connectivity index (χ4n) is 1.39. The van der Waals surface area contributed by atoms with E-state index in [0.717, 1.165) is 17.0 Å². The molecular formula is C11H18N2. The molecule has 0 aliphatic rings. The molecule has 1 atom stereocenters. The number of hydrogen-bond donors (Lipinski definition) is 1. The van der Waals surface area contributed by atoms with Gasteiger partial charge >= 0.3 is 0 Å². The van der Waals surface area contributed by atoms with Crippen molar-refractivity contribution in [1.29, 1.82) is 0 Å². The number of pyridine rings is 1. The van der Waals surface area contributed by atoms with Gasteiger partial charge < -0.3 is 5.73 Å². The Labute approximate surface area is 80.2 Å². The molecule has 0 saturated carbocycles. The lowest BCUT2D eigenvalue weighted by Crippen LogP contribution is -2.09. The number of aromatic nitrogens is 1. The molecule has 1 unspecified atom stereocenters. The minimum atomic E-state index is 0.0775. The summed E-state index contributed by atoms with van der Waals surface area (Å²) in [6.45, 7) is 8.30. The van der Waals surface area contributed by atoms with Crippen molar-refractivity contribution in [2.45, 2.75) is 39.7 Å².